The van der Waals surface area contributed by atoms with Gasteiger partial charge in [0.25, 0.3) is 11.8 Å². The van der Waals surface area contributed by atoms with E-state index in [9.17, 15) is 14.0 Å². The van der Waals surface area contributed by atoms with Crippen LogP contribution in [-0.4, -0.2) is 46.5 Å². The van der Waals surface area contributed by atoms with Gasteiger partial charge in [-0.05, 0) is 63.0 Å². The summed E-state index contributed by atoms with van der Waals surface area (Å²) >= 11 is 1.22. The lowest BCUT2D eigenvalue weighted by atomic mass is 9.96. The molecule has 0 radical (unpaired) electrons. The number of hydrogen-bond donors (Lipinski definition) is 2. The van der Waals surface area contributed by atoms with Gasteiger partial charge in [0, 0.05) is 29.9 Å². The molecule has 4 rings (SSSR count). The molecule has 2 N–H and O–H groups in total. The average Bonchev–Trinajstić information content (AvgIpc) is 3.26. The van der Waals surface area contributed by atoms with Gasteiger partial charge in [-0.25, -0.2) is 4.39 Å². The van der Waals surface area contributed by atoms with Crippen molar-refractivity contribution in [3.05, 3.63) is 75.5 Å². The van der Waals surface area contributed by atoms with Crippen LogP contribution < -0.4 is 10.6 Å². The van der Waals surface area contributed by atoms with E-state index in [0.29, 0.717) is 35.3 Å². The standard InChI is InChI=1S/C24H26FN5O2S/c1-16-28-29-24(33-16)23(32)27-20-7-4-6-18(13-20)22(31)26-14-17-9-11-30(12-10-17)15-19-5-2-3-8-21(19)25/h2-8,13,17H,9-12,14-15H2,1H3,(H,26,31)(H,27,32). The number of carbonyl (C=O) groups is 2. The second kappa shape index (κ2) is 10.6. The number of likely N-dealkylation sites (tertiary alicyclic amines) is 1. The van der Waals surface area contributed by atoms with Gasteiger partial charge in [-0.2, -0.15) is 0 Å². The molecule has 0 bridgehead atoms. The average molecular weight is 468 g/mol. The molecular formula is C24H26FN5O2S. The van der Waals surface area contributed by atoms with Gasteiger partial charge in [0.05, 0.1) is 0 Å². The molecule has 1 aromatic heterocycles. The Hall–Kier alpha value is -3.17. The molecule has 0 unspecified atom stereocenters. The number of piperidine rings is 1. The number of rotatable bonds is 7. The molecule has 33 heavy (non-hydrogen) atoms. The van der Waals surface area contributed by atoms with Gasteiger partial charge in [0.2, 0.25) is 5.01 Å². The fourth-order valence-electron chi connectivity index (χ4n) is 3.87. The Labute approximate surface area is 196 Å². The Morgan fingerprint density at radius 3 is 2.61 bits per heavy atom. The third-order valence-corrected chi connectivity index (χ3v) is 6.55. The first-order chi connectivity index (χ1) is 16.0. The molecule has 2 aromatic carbocycles. The first kappa shape index (κ1) is 23.0. The Morgan fingerprint density at radius 1 is 1.09 bits per heavy atom. The summed E-state index contributed by atoms with van der Waals surface area (Å²) in [6, 6.07) is 13.7. The zero-order valence-electron chi connectivity index (χ0n) is 18.4. The number of amides is 2. The number of aryl methyl sites for hydroxylation is 1. The Morgan fingerprint density at radius 2 is 1.88 bits per heavy atom. The largest absolute Gasteiger partial charge is 0.352 e. The van der Waals surface area contributed by atoms with Gasteiger partial charge < -0.3 is 10.6 Å². The van der Waals surface area contributed by atoms with E-state index in [4.69, 9.17) is 0 Å². The molecule has 0 aliphatic carbocycles. The Bertz CT molecular complexity index is 1130. The van der Waals surface area contributed by atoms with Crippen molar-refractivity contribution in [1.29, 1.82) is 0 Å². The molecule has 3 aromatic rings. The molecule has 7 nitrogen and oxygen atoms in total. The maximum Gasteiger partial charge on any atom is 0.286 e. The van der Waals surface area contributed by atoms with Crippen molar-refractivity contribution in [2.24, 2.45) is 5.92 Å². The lowest BCUT2D eigenvalue weighted by Crippen LogP contribution is -2.38. The first-order valence-corrected chi connectivity index (χ1v) is 11.7. The molecule has 1 saturated heterocycles. The van der Waals surface area contributed by atoms with Crippen LogP contribution in [0.4, 0.5) is 10.1 Å². The topological polar surface area (TPSA) is 87.2 Å². The van der Waals surface area contributed by atoms with Crippen molar-refractivity contribution in [3.63, 3.8) is 0 Å². The van der Waals surface area contributed by atoms with Crippen molar-refractivity contribution < 1.29 is 14.0 Å². The van der Waals surface area contributed by atoms with Crippen molar-refractivity contribution in [3.8, 4) is 0 Å². The van der Waals surface area contributed by atoms with E-state index >= 15 is 0 Å². The second-order valence-electron chi connectivity index (χ2n) is 8.18. The summed E-state index contributed by atoms with van der Waals surface area (Å²) in [4.78, 5) is 27.2. The number of anilines is 1. The third kappa shape index (κ3) is 6.21. The molecule has 2 amide bonds. The zero-order valence-corrected chi connectivity index (χ0v) is 19.2. The Balaban J connectivity index is 1.24. The van der Waals surface area contributed by atoms with E-state index in [1.807, 2.05) is 12.1 Å². The second-order valence-corrected chi connectivity index (χ2v) is 9.36. The van der Waals surface area contributed by atoms with Gasteiger partial charge in [0.1, 0.15) is 10.8 Å². The molecular weight excluding hydrogens is 441 g/mol. The van der Waals surface area contributed by atoms with E-state index in [0.717, 1.165) is 31.5 Å². The summed E-state index contributed by atoms with van der Waals surface area (Å²) in [5, 5.41) is 14.4. The predicted octanol–water partition coefficient (Wildman–Crippen LogP) is 3.88. The highest BCUT2D eigenvalue weighted by atomic mass is 32.1. The highest BCUT2D eigenvalue weighted by Crippen LogP contribution is 2.20. The van der Waals surface area contributed by atoms with Gasteiger partial charge in [0.15, 0.2) is 0 Å². The quantitative estimate of drug-likeness (QED) is 0.551. The summed E-state index contributed by atoms with van der Waals surface area (Å²) in [6.07, 6.45) is 1.90. The van der Waals surface area contributed by atoms with E-state index in [-0.39, 0.29) is 22.6 Å². The van der Waals surface area contributed by atoms with Crippen molar-refractivity contribution >= 4 is 28.8 Å². The van der Waals surface area contributed by atoms with Gasteiger partial charge in [-0.1, -0.05) is 35.6 Å². The number of nitrogens with zero attached hydrogens (tertiary/aromatic N) is 3. The van der Waals surface area contributed by atoms with Crippen LogP contribution in [-0.2, 0) is 6.54 Å². The van der Waals surface area contributed by atoms with E-state index < -0.39 is 0 Å². The minimum absolute atomic E-state index is 0.163. The van der Waals surface area contributed by atoms with Crippen molar-refractivity contribution in [2.75, 3.05) is 25.0 Å². The predicted molar refractivity (Wildman–Crippen MR) is 126 cm³/mol. The number of carbonyl (C=O) groups excluding carboxylic acids is 2. The highest BCUT2D eigenvalue weighted by molar-refractivity contribution is 7.13. The molecule has 0 saturated carbocycles. The van der Waals surface area contributed by atoms with Crippen molar-refractivity contribution in [2.45, 2.75) is 26.3 Å². The number of halogens is 1. The normalized spacial score (nSPS) is 14.7. The first-order valence-electron chi connectivity index (χ1n) is 10.9. The summed E-state index contributed by atoms with van der Waals surface area (Å²) in [6.45, 7) is 4.74. The molecule has 0 spiro atoms. The summed E-state index contributed by atoms with van der Waals surface area (Å²) < 4.78 is 13.9. The molecule has 1 aliphatic heterocycles. The van der Waals surface area contributed by atoms with Crippen LogP contribution >= 0.6 is 11.3 Å². The summed E-state index contributed by atoms with van der Waals surface area (Å²) in [5.41, 5.74) is 1.73. The van der Waals surface area contributed by atoms with Crippen LogP contribution in [0.25, 0.3) is 0 Å². The molecule has 1 fully saturated rings. The van der Waals surface area contributed by atoms with Gasteiger partial charge >= 0.3 is 0 Å². The smallest absolute Gasteiger partial charge is 0.286 e. The fraction of sp³-hybridized carbons (Fsp3) is 0.333. The van der Waals surface area contributed by atoms with Gasteiger partial charge in [-0.3, -0.25) is 14.5 Å². The van der Waals surface area contributed by atoms with E-state index in [1.165, 1.54) is 17.4 Å². The van der Waals surface area contributed by atoms with Crippen LogP contribution in [0, 0.1) is 18.7 Å². The lowest BCUT2D eigenvalue weighted by Gasteiger charge is -2.32. The van der Waals surface area contributed by atoms with Crippen molar-refractivity contribution in [1.82, 2.24) is 20.4 Å². The van der Waals surface area contributed by atoms with Gasteiger partial charge in [-0.15, -0.1) is 10.2 Å². The monoisotopic (exact) mass is 467 g/mol. The van der Waals surface area contributed by atoms with Crippen LogP contribution in [0.3, 0.4) is 0 Å². The highest BCUT2D eigenvalue weighted by Gasteiger charge is 2.21. The van der Waals surface area contributed by atoms with Crippen LogP contribution in [0.5, 0.6) is 0 Å². The number of hydrogen-bond acceptors (Lipinski definition) is 6. The third-order valence-electron chi connectivity index (χ3n) is 5.71. The zero-order chi connectivity index (χ0) is 23.2. The summed E-state index contributed by atoms with van der Waals surface area (Å²) in [7, 11) is 0. The van der Waals surface area contributed by atoms with Crippen LogP contribution in [0.1, 0.15) is 43.6 Å². The molecule has 0 atom stereocenters. The maximum atomic E-state index is 13.9. The Kier molecular flexibility index (Phi) is 7.41. The minimum Gasteiger partial charge on any atom is -0.352 e. The fourth-order valence-corrected chi connectivity index (χ4v) is 4.45. The number of benzene rings is 2. The maximum absolute atomic E-state index is 13.9. The molecule has 1 aliphatic rings. The summed E-state index contributed by atoms with van der Waals surface area (Å²) in [5.74, 6) is -0.301. The van der Waals surface area contributed by atoms with E-state index in [1.54, 1.807) is 37.3 Å². The lowest BCUT2D eigenvalue weighted by molar-refractivity contribution is 0.0934. The number of aromatic nitrogens is 2. The number of nitrogens with one attached hydrogen (secondary N) is 2. The van der Waals surface area contributed by atoms with Crippen LogP contribution in [0.15, 0.2) is 48.5 Å². The van der Waals surface area contributed by atoms with Crippen LogP contribution in [0.2, 0.25) is 0 Å². The molecule has 9 heteroatoms. The van der Waals surface area contributed by atoms with E-state index in [2.05, 4.69) is 25.7 Å². The molecule has 172 valence electrons. The SMILES string of the molecule is Cc1nnc(C(=O)Nc2cccc(C(=O)NCC3CCN(Cc4ccccc4F)CC3)c2)s1. The molecule has 2 heterocycles. The minimum atomic E-state index is -0.347.